The number of hydrogen-bond acceptors (Lipinski definition) is 3. The maximum absolute atomic E-state index is 11.3. The van der Waals surface area contributed by atoms with Crippen molar-refractivity contribution in [2.75, 3.05) is 23.4 Å². The van der Waals surface area contributed by atoms with E-state index in [0.717, 1.165) is 11.3 Å². The highest BCUT2D eigenvalue weighted by atomic mass is 32.2. The molecule has 0 aliphatic heterocycles. The molecule has 0 saturated heterocycles. The average Bonchev–Trinajstić information content (AvgIpc) is 2.23. The van der Waals surface area contributed by atoms with Crippen LogP contribution < -0.4 is 5.32 Å². The quantitative estimate of drug-likeness (QED) is 0.859. The van der Waals surface area contributed by atoms with Gasteiger partial charge in [0.2, 0.25) is 0 Å². The molecule has 0 heterocycles. The van der Waals surface area contributed by atoms with E-state index in [1.807, 2.05) is 32.0 Å². The number of benzene rings is 1. The Kier molecular flexibility index (Phi) is 4.35. The van der Waals surface area contributed by atoms with Gasteiger partial charge in [0, 0.05) is 18.0 Å². The van der Waals surface area contributed by atoms with Crippen molar-refractivity contribution in [3.05, 3.63) is 29.3 Å². The molecule has 0 fully saturated rings. The summed E-state index contributed by atoms with van der Waals surface area (Å²) in [7, 11) is -2.88. The van der Waals surface area contributed by atoms with E-state index in [1.165, 1.54) is 5.56 Å². The Morgan fingerprint density at radius 2 is 1.94 bits per heavy atom. The molecule has 0 spiro atoms. The molecule has 0 aliphatic rings. The van der Waals surface area contributed by atoms with Crippen LogP contribution in [-0.2, 0) is 9.84 Å². The van der Waals surface area contributed by atoms with Crippen molar-refractivity contribution in [3.8, 4) is 0 Å². The Bertz CT molecular complexity index is 452. The van der Waals surface area contributed by atoms with Crippen molar-refractivity contribution in [2.24, 2.45) is 0 Å². The van der Waals surface area contributed by atoms with Gasteiger partial charge in [0.05, 0.1) is 5.75 Å². The molecule has 0 saturated carbocycles. The van der Waals surface area contributed by atoms with Crippen LogP contribution in [0.5, 0.6) is 0 Å². The molecule has 3 nitrogen and oxygen atoms in total. The molecule has 1 rings (SSSR count). The molecule has 0 radical (unpaired) electrons. The van der Waals surface area contributed by atoms with Crippen molar-refractivity contribution < 1.29 is 8.42 Å². The third-order valence-electron chi connectivity index (χ3n) is 2.56. The zero-order chi connectivity index (χ0) is 12.2. The zero-order valence-electron chi connectivity index (χ0n) is 10.1. The van der Waals surface area contributed by atoms with Gasteiger partial charge in [-0.25, -0.2) is 8.42 Å². The van der Waals surface area contributed by atoms with Crippen LogP contribution in [0, 0.1) is 13.8 Å². The fourth-order valence-corrected chi connectivity index (χ4v) is 2.11. The summed E-state index contributed by atoms with van der Waals surface area (Å²) in [5, 5.41) is 3.17. The Hall–Kier alpha value is -1.03. The zero-order valence-corrected chi connectivity index (χ0v) is 10.9. The molecule has 1 aromatic rings. The summed E-state index contributed by atoms with van der Waals surface area (Å²) >= 11 is 0. The van der Waals surface area contributed by atoms with Crippen LogP contribution in [-0.4, -0.2) is 26.5 Å². The fraction of sp³-hybridized carbons (Fsp3) is 0.500. The van der Waals surface area contributed by atoms with Crippen molar-refractivity contribution in [1.29, 1.82) is 0 Å². The molecule has 0 aromatic heterocycles. The van der Waals surface area contributed by atoms with Gasteiger partial charge in [-0.1, -0.05) is 19.1 Å². The number of nitrogens with one attached hydrogen (secondary N) is 1. The summed E-state index contributed by atoms with van der Waals surface area (Å²) in [6, 6.07) is 6.11. The first-order chi connectivity index (χ1) is 7.44. The maximum Gasteiger partial charge on any atom is 0.151 e. The number of hydrogen-bond donors (Lipinski definition) is 1. The summed E-state index contributed by atoms with van der Waals surface area (Å²) in [6.07, 6.45) is 0. The first kappa shape index (κ1) is 13.0. The van der Waals surface area contributed by atoms with Crippen LogP contribution in [0.1, 0.15) is 18.1 Å². The second-order valence-corrected chi connectivity index (χ2v) is 6.45. The molecule has 0 atom stereocenters. The topological polar surface area (TPSA) is 46.2 Å². The van der Waals surface area contributed by atoms with Gasteiger partial charge in [-0.15, -0.1) is 0 Å². The minimum absolute atomic E-state index is 0.191. The molecular formula is C12H19NO2S. The van der Waals surface area contributed by atoms with E-state index in [1.54, 1.807) is 6.92 Å². The molecule has 0 bridgehead atoms. The Balaban J connectivity index is 2.59. The lowest BCUT2D eigenvalue weighted by atomic mass is 10.1. The van der Waals surface area contributed by atoms with Crippen LogP contribution in [0.4, 0.5) is 5.69 Å². The van der Waals surface area contributed by atoms with Gasteiger partial charge >= 0.3 is 0 Å². The largest absolute Gasteiger partial charge is 0.384 e. The molecular weight excluding hydrogens is 222 g/mol. The second-order valence-electron chi connectivity index (χ2n) is 3.98. The van der Waals surface area contributed by atoms with Gasteiger partial charge in [-0.3, -0.25) is 0 Å². The van der Waals surface area contributed by atoms with Crippen molar-refractivity contribution in [2.45, 2.75) is 20.8 Å². The van der Waals surface area contributed by atoms with E-state index >= 15 is 0 Å². The predicted molar refractivity (Wildman–Crippen MR) is 68.7 cm³/mol. The van der Waals surface area contributed by atoms with Gasteiger partial charge in [-0.05, 0) is 31.0 Å². The molecule has 1 aromatic carbocycles. The van der Waals surface area contributed by atoms with Gasteiger partial charge in [-0.2, -0.15) is 0 Å². The van der Waals surface area contributed by atoms with Crippen molar-refractivity contribution in [1.82, 2.24) is 0 Å². The Morgan fingerprint density at radius 1 is 1.25 bits per heavy atom. The predicted octanol–water partition coefficient (Wildman–Crippen LogP) is 2.15. The fourth-order valence-electron chi connectivity index (χ4n) is 1.41. The second kappa shape index (κ2) is 5.34. The first-order valence-electron chi connectivity index (χ1n) is 5.46. The minimum atomic E-state index is -2.88. The lowest BCUT2D eigenvalue weighted by molar-refractivity contribution is 0.597. The molecule has 1 N–H and O–H groups in total. The van der Waals surface area contributed by atoms with Gasteiger partial charge < -0.3 is 5.32 Å². The van der Waals surface area contributed by atoms with Gasteiger partial charge in [0.1, 0.15) is 0 Å². The number of sulfone groups is 1. The summed E-state index contributed by atoms with van der Waals surface area (Å²) in [5.41, 5.74) is 3.33. The standard InChI is InChI=1S/C12H19NO2S/c1-4-16(14,15)8-7-13-12-9-10(2)5-6-11(12)3/h5-6,9,13H,4,7-8H2,1-3H3. The Morgan fingerprint density at radius 3 is 2.56 bits per heavy atom. The third kappa shape index (κ3) is 3.85. The van der Waals surface area contributed by atoms with E-state index in [-0.39, 0.29) is 11.5 Å². The normalized spacial score (nSPS) is 11.4. The minimum Gasteiger partial charge on any atom is -0.384 e. The highest BCUT2D eigenvalue weighted by Crippen LogP contribution is 2.15. The van der Waals surface area contributed by atoms with Crippen LogP contribution in [0.3, 0.4) is 0 Å². The van der Waals surface area contributed by atoms with E-state index in [2.05, 4.69) is 5.32 Å². The first-order valence-corrected chi connectivity index (χ1v) is 7.28. The number of aryl methyl sites for hydroxylation is 2. The van der Waals surface area contributed by atoms with Crippen LogP contribution >= 0.6 is 0 Å². The molecule has 0 unspecified atom stereocenters. The number of rotatable bonds is 5. The third-order valence-corrected chi connectivity index (χ3v) is 4.27. The lowest BCUT2D eigenvalue weighted by Gasteiger charge is -2.10. The summed E-state index contributed by atoms with van der Waals surface area (Å²) in [5.74, 6) is 0.401. The van der Waals surface area contributed by atoms with Gasteiger partial charge in [0.15, 0.2) is 9.84 Å². The molecule has 4 heteroatoms. The van der Waals surface area contributed by atoms with E-state index < -0.39 is 9.84 Å². The summed E-state index contributed by atoms with van der Waals surface area (Å²) in [6.45, 7) is 6.18. The van der Waals surface area contributed by atoms with E-state index in [0.29, 0.717) is 6.54 Å². The smallest absolute Gasteiger partial charge is 0.151 e. The van der Waals surface area contributed by atoms with E-state index in [9.17, 15) is 8.42 Å². The average molecular weight is 241 g/mol. The monoisotopic (exact) mass is 241 g/mol. The summed E-state index contributed by atoms with van der Waals surface area (Å²) < 4.78 is 22.6. The molecule has 0 aliphatic carbocycles. The highest BCUT2D eigenvalue weighted by molar-refractivity contribution is 7.91. The SMILES string of the molecule is CCS(=O)(=O)CCNc1cc(C)ccc1C. The molecule has 90 valence electrons. The van der Waals surface area contributed by atoms with E-state index in [4.69, 9.17) is 0 Å². The lowest BCUT2D eigenvalue weighted by Crippen LogP contribution is -2.17. The molecule has 16 heavy (non-hydrogen) atoms. The van der Waals surface area contributed by atoms with Crippen LogP contribution in [0.15, 0.2) is 18.2 Å². The van der Waals surface area contributed by atoms with Crippen LogP contribution in [0.25, 0.3) is 0 Å². The Labute approximate surface area is 97.8 Å². The van der Waals surface area contributed by atoms with Crippen molar-refractivity contribution >= 4 is 15.5 Å². The number of anilines is 1. The van der Waals surface area contributed by atoms with Gasteiger partial charge in [0.25, 0.3) is 0 Å². The van der Waals surface area contributed by atoms with Crippen LogP contribution in [0.2, 0.25) is 0 Å². The molecule has 0 amide bonds. The maximum atomic E-state index is 11.3. The van der Waals surface area contributed by atoms with Crippen molar-refractivity contribution in [3.63, 3.8) is 0 Å². The highest BCUT2D eigenvalue weighted by Gasteiger charge is 2.06. The summed E-state index contributed by atoms with van der Waals surface area (Å²) in [4.78, 5) is 0.